The fraction of sp³-hybridized carbons (Fsp3) is 0.235. The quantitative estimate of drug-likeness (QED) is 0.867. The summed E-state index contributed by atoms with van der Waals surface area (Å²) in [5.41, 5.74) is 1.77. The van der Waals surface area contributed by atoms with Crippen LogP contribution < -0.4 is 9.04 Å². The number of carbonyl (C=O) groups is 1. The Labute approximate surface area is 135 Å². The van der Waals surface area contributed by atoms with E-state index in [0.717, 1.165) is 5.56 Å². The Morgan fingerprint density at radius 2 is 1.78 bits per heavy atom. The van der Waals surface area contributed by atoms with E-state index in [9.17, 15) is 13.2 Å². The second kappa shape index (κ2) is 5.70. The van der Waals surface area contributed by atoms with Crippen LogP contribution in [0.4, 0.5) is 5.69 Å². The first-order chi connectivity index (χ1) is 10.9. The molecule has 0 amide bonds. The largest absolute Gasteiger partial charge is 0.497 e. The Morgan fingerprint density at radius 3 is 2.43 bits per heavy atom. The summed E-state index contributed by atoms with van der Waals surface area (Å²) in [7, 11) is -2.21. The van der Waals surface area contributed by atoms with E-state index in [1.807, 2.05) is 6.92 Å². The molecule has 0 aromatic heterocycles. The molecule has 0 N–H and O–H groups in total. The molecule has 1 aliphatic heterocycles. The van der Waals surface area contributed by atoms with Crippen molar-refractivity contribution in [2.75, 3.05) is 18.0 Å². The Kier molecular flexibility index (Phi) is 3.85. The third-order valence-corrected chi connectivity index (χ3v) is 5.75. The second-order valence-corrected chi connectivity index (χ2v) is 7.31. The number of Topliss-reactive ketones (excluding diaryl/α,β-unsaturated/α-hetero) is 1. The van der Waals surface area contributed by atoms with Crippen molar-refractivity contribution in [2.24, 2.45) is 0 Å². The lowest BCUT2D eigenvalue weighted by molar-refractivity contribution is 0.0982. The highest BCUT2D eigenvalue weighted by molar-refractivity contribution is 7.92. The van der Waals surface area contributed by atoms with Crippen LogP contribution in [-0.4, -0.2) is 27.9 Å². The van der Waals surface area contributed by atoms with Gasteiger partial charge in [0, 0.05) is 24.6 Å². The van der Waals surface area contributed by atoms with Crippen molar-refractivity contribution in [1.82, 2.24) is 0 Å². The van der Waals surface area contributed by atoms with Crippen LogP contribution in [-0.2, 0) is 10.0 Å². The number of rotatable bonds is 3. The van der Waals surface area contributed by atoms with Crippen molar-refractivity contribution < 1.29 is 17.9 Å². The Bertz CT molecular complexity index is 857. The summed E-state index contributed by atoms with van der Waals surface area (Å²) in [5.74, 6) is 0.459. The van der Waals surface area contributed by atoms with Gasteiger partial charge in [-0.15, -0.1) is 0 Å². The van der Waals surface area contributed by atoms with Gasteiger partial charge in [-0.1, -0.05) is 17.7 Å². The minimum Gasteiger partial charge on any atom is -0.497 e. The molecular formula is C17H17NO4S. The van der Waals surface area contributed by atoms with Gasteiger partial charge < -0.3 is 4.74 Å². The third-order valence-electron chi connectivity index (χ3n) is 3.92. The number of methoxy groups -OCH3 is 1. The molecular weight excluding hydrogens is 314 g/mol. The standard InChI is InChI=1S/C17H17NO4S/c1-12-3-6-14(7-4-12)23(20,21)18-10-9-17(19)15-8-5-13(22-2)11-16(15)18/h3-8,11H,9-10H2,1-2H3. The van der Waals surface area contributed by atoms with Crippen LogP contribution in [0.15, 0.2) is 47.4 Å². The highest BCUT2D eigenvalue weighted by atomic mass is 32.2. The van der Waals surface area contributed by atoms with E-state index < -0.39 is 10.0 Å². The zero-order chi connectivity index (χ0) is 16.6. The molecule has 0 saturated carbocycles. The van der Waals surface area contributed by atoms with Gasteiger partial charge in [0.25, 0.3) is 10.0 Å². The predicted octanol–water partition coefficient (Wildman–Crippen LogP) is 2.79. The van der Waals surface area contributed by atoms with Gasteiger partial charge in [0.1, 0.15) is 5.75 Å². The summed E-state index contributed by atoms with van der Waals surface area (Å²) in [6, 6.07) is 11.6. The molecule has 120 valence electrons. The molecule has 5 nitrogen and oxygen atoms in total. The highest BCUT2D eigenvalue weighted by Gasteiger charge is 2.32. The molecule has 3 rings (SSSR count). The SMILES string of the molecule is COc1ccc2c(c1)N(S(=O)(=O)c1ccc(C)cc1)CCC2=O. The zero-order valence-corrected chi connectivity index (χ0v) is 13.8. The Balaban J connectivity index is 2.12. The fourth-order valence-electron chi connectivity index (χ4n) is 2.63. The smallest absolute Gasteiger partial charge is 0.264 e. The van der Waals surface area contributed by atoms with Crippen molar-refractivity contribution in [2.45, 2.75) is 18.2 Å². The van der Waals surface area contributed by atoms with E-state index in [1.165, 1.54) is 11.4 Å². The first kappa shape index (κ1) is 15.6. The van der Waals surface area contributed by atoms with E-state index in [-0.39, 0.29) is 23.6 Å². The topological polar surface area (TPSA) is 63.7 Å². The van der Waals surface area contributed by atoms with Gasteiger partial charge in [0.05, 0.1) is 17.7 Å². The van der Waals surface area contributed by atoms with Crippen molar-refractivity contribution in [3.05, 3.63) is 53.6 Å². The zero-order valence-electron chi connectivity index (χ0n) is 12.9. The van der Waals surface area contributed by atoms with Gasteiger partial charge in [0.15, 0.2) is 5.78 Å². The van der Waals surface area contributed by atoms with Crippen LogP contribution in [0.1, 0.15) is 22.3 Å². The van der Waals surface area contributed by atoms with Crippen LogP contribution in [0.5, 0.6) is 5.75 Å². The average molecular weight is 331 g/mol. The van der Waals surface area contributed by atoms with Gasteiger partial charge in [-0.25, -0.2) is 8.42 Å². The first-order valence-corrected chi connectivity index (χ1v) is 8.68. The normalized spacial score (nSPS) is 14.5. The van der Waals surface area contributed by atoms with E-state index in [2.05, 4.69) is 0 Å². The highest BCUT2D eigenvalue weighted by Crippen LogP contribution is 2.34. The fourth-order valence-corrected chi connectivity index (χ4v) is 4.10. The molecule has 1 aliphatic rings. The number of ketones is 1. The molecule has 0 bridgehead atoms. The maximum absolute atomic E-state index is 12.9. The summed E-state index contributed by atoms with van der Waals surface area (Å²) in [5, 5.41) is 0. The number of benzene rings is 2. The number of carbonyl (C=O) groups excluding carboxylic acids is 1. The summed E-state index contributed by atoms with van der Waals surface area (Å²) < 4.78 is 32.3. The van der Waals surface area contributed by atoms with Crippen LogP contribution >= 0.6 is 0 Å². The number of aryl methyl sites for hydroxylation is 1. The maximum Gasteiger partial charge on any atom is 0.264 e. The van der Waals surface area contributed by atoms with Gasteiger partial charge in [-0.05, 0) is 31.2 Å². The Morgan fingerprint density at radius 1 is 1.09 bits per heavy atom. The molecule has 1 heterocycles. The molecule has 0 saturated heterocycles. The maximum atomic E-state index is 12.9. The lowest BCUT2D eigenvalue weighted by Crippen LogP contribution is -2.37. The van der Waals surface area contributed by atoms with Gasteiger partial charge in [0.2, 0.25) is 0 Å². The van der Waals surface area contributed by atoms with E-state index >= 15 is 0 Å². The lowest BCUT2D eigenvalue weighted by atomic mass is 10.0. The minimum atomic E-state index is -3.72. The van der Waals surface area contributed by atoms with Gasteiger partial charge in [-0.3, -0.25) is 9.10 Å². The molecule has 0 atom stereocenters. The van der Waals surface area contributed by atoms with Crippen LogP contribution in [0.2, 0.25) is 0 Å². The van der Waals surface area contributed by atoms with Crippen LogP contribution in [0, 0.1) is 6.92 Å². The molecule has 0 unspecified atom stereocenters. The first-order valence-electron chi connectivity index (χ1n) is 7.24. The Hall–Kier alpha value is -2.34. The molecule has 0 fully saturated rings. The number of ether oxygens (including phenoxy) is 1. The minimum absolute atomic E-state index is 0.0574. The molecule has 23 heavy (non-hydrogen) atoms. The summed E-state index contributed by atoms with van der Waals surface area (Å²) in [4.78, 5) is 12.3. The number of fused-ring (bicyclic) bond motifs is 1. The van der Waals surface area contributed by atoms with Crippen molar-refractivity contribution in [1.29, 1.82) is 0 Å². The monoisotopic (exact) mass is 331 g/mol. The molecule has 6 heteroatoms. The number of hydrogen-bond acceptors (Lipinski definition) is 4. The molecule has 0 aliphatic carbocycles. The van der Waals surface area contributed by atoms with Crippen molar-refractivity contribution in [3.63, 3.8) is 0 Å². The number of hydrogen-bond donors (Lipinski definition) is 0. The summed E-state index contributed by atoms with van der Waals surface area (Å²) in [6.07, 6.45) is 0.171. The lowest BCUT2D eigenvalue weighted by Gasteiger charge is -2.30. The van der Waals surface area contributed by atoms with Gasteiger partial charge >= 0.3 is 0 Å². The molecule has 2 aromatic carbocycles. The third kappa shape index (κ3) is 2.70. The van der Waals surface area contributed by atoms with Crippen LogP contribution in [0.25, 0.3) is 0 Å². The number of sulfonamides is 1. The van der Waals surface area contributed by atoms with E-state index in [1.54, 1.807) is 42.5 Å². The average Bonchev–Trinajstić information content (AvgIpc) is 2.55. The van der Waals surface area contributed by atoms with Gasteiger partial charge in [-0.2, -0.15) is 0 Å². The van der Waals surface area contributed by atoms with E-state index in [0.29, 0.717) is 17.0 Å². The summed E-state index contributed by atoms with van der Waals surface area (Å²) >= 11 is 0. The summed E-state index contributed by atoms with van der Waals surface area (Å²) in [6.45, 7) is 2.03. The number of anilines is 1. The number of nitrogens with zero attached hydrogens (tertiary/aromatic N) is 1. The molecule has 2 aromatic rings. The van der Waals surface area contributed by atoms with Crippen LogP contribution in [0.3, 0.4) is 0 Å². The van der Waals surface area contributed by atoms with E-state index in [4.69, 9.17) is 4.74 Å². The molecule has 0 spiro atoms. The predicted molar refractivity (Wildman–Crippen MR) is 87.7 cm³/mol. The molecule has 0 radical (unpaired) electrons. The van der Waals surface area contributed by atoms with Crippen molar-refractivity contribution >= 4 is 21.5 Å². The van der Waals surface area contributed by atoms with Crippen molar-refractivity contribution in [3.8, 4) is 5.75 Å². The second-order valence-electron chi connectivity index (χ2n) is 5.45.